The van der Waals surface area contributed by atoms with Crippen molar-refractivity contribution in [1.82, 2.24) is 14.9 Å². The molecule has 0 spiro atoms. The summed E-state index contributed by atoms with van der Waals surface area (Å²) in [4.78, 5) is 17.2. The topological polar surface area (TPSA) is 53.5 Å². The number of fused-ring (bicyclic) bond motifs is 1. The summed E-state index contributed by atoms with van der Waals surface area (Å²) < 4.78 is 5.54. The Morgan fingerprint density at radius 3 is 2.61 bits per heavy atom. The highest BCUT2D eigenvalue weighted by atomic mass is 32.1. The van der Waals surface area contributed by atoms with Crippen molar-refractivity contribution in [2.24, 2.45) is 0 Å². The van der Waals surface area contributed by atoms with E-state index in [1.54, 1.807) is 11.3 Å². The van der Waals surface area contributed by atoms with Crippen molar-refractivity contribution < 1.29 is 4.74 Å². The standard InChI is InChI=1S/C24H31N5OS/c1-17-18(2)31-24-22(17)23(26-21(27-24)16-28-9-5-6-10-28)25-15-19-7-3-4-8-20(19)29-11-13-30-14-12-29/h3-4,7-8H,5-6,9-16H2,1-2H3,(H,25,26,27). The van der Waals surface area contributed by atoms with Crippen LogP contribution < -0.4 is 10.2 Å². The van der Waals surface area contributed by atoms with Crippen molar-refractivity contribution in [2.75, 3.05) is 49.6 Å². The molecule has 0 radical (unpaired) electrons. The van der Waals surface area contributed by atoms with Crippen LogP contribution in [0.4, 0.5) is 11.5 Å². The van der Waals surface area contributed by atoms with Crippen molar-refractivity contribution in [3.63, 3.8) is 0 Å². The zero-order valence-electron chi connectivity index (χ0n) is 18.5. The second-order valence-corrected chi connectivity index (χ2v) is 9.72. The molecule has 0 saturated carbocycles. The van der Waals surface area contributed by atoms with E-state index >= 15 is 0 Å². The highest BCUT2D eigenvalue weighted by molar-refractivity contribution is 7.18. The number of aryl methyl sites for hydroxylation is 2. The normalized spacial score (nSPS) is 17.5. The molecule has 3 aromatic rings. The molecular weight excluding hydrogens is 406 g/mol. The van der Waals surface area contributed by atoms with Gasteiger partial charge in [0.25, 0.3) is 0 Å². The molecule has 0 amide bonds. The summed E-state index contributed by atoms with van der Waals surface area (Å²) in [6.07, 6.45) is 2.56. The third kappa shape index (κ3) is 4.40. The molecule has 0 aliphatic carbocycles. The molecule has 2 aromatic heterocycles. The molecule has 1 aromatic carbocycles. The maximum Gasteiger partial charge on any atom is 0.146 e. The predicted molar refractivity (Wildman–Crippen MR) is 128 cm³/mol. The van der Waals surface area contributed by atoms with Gasteiger partial charge in [0, 0.05) is 30.2 Å². The number of rotatable bonds is 6. The Morgan fingerprint density at radius 1 is 1.03 bits per heavy atom. The summed E-state index contributed by atoms with van der Waals surface area (Å²) in [5.41, 5.74) is 3.87. The molecule has 0 bridgehead atoms. The monoisotopic (exact) mass is 437 g/mol. The molecule has 164 valence electrons. The lowest BCUT2D eigenvalue weighted by Crippen LogP contribution is -2.36. The Morgan fingerprint density at radius 2 is 1.81 bits per heavy atom. The summed E-state index contributed by atoms with van der Waals surface area (Å²) in [6.45, 7) is 11.7. The van der Waals surface area contributed by atoms with Gasteiger partial charge < -0.3 is 15.0 Å². The number of nitrogens with zero attached hydrogens (tertiary/aromatic N) is 4. The minimum atomic E-state index is 0.747. The molecule has 5 rings (SSSR count). The SMILES string of the molecule is Cc1sc2nc(CN3CCCC3)nc(NCc3ccccc3N3CCOCC3)c2c1C. The first-order chi connectivity index (χ1) is 15.2. The number of hydrogen-bond acceptors (Lipinski definition) is 7. The highest BCUT2D eigenvalue weighted by Gasteiger charge is 2.19. The average Bonchev–Trinajstić information content (AvgIpc) is 3.40. The molecule has 0 atom stereocenters. The fourth-order valence-corrected chi connectivity index (χ4v) is 5.63. The van der Waals surface area contributed by atoms with E-state index in [1.807, 2.05) is 0 Å². The van der Waals surface area contributed by atoms with Crippen molar-refractivity contribution in [3.05, 3.63) is 46.1 Å². The number of para-hydroxylation sites is 1. The van der Waals surface area contributed by atoms with E-state index in [1.165, 1.54) is 39.9 Å². The van der Waals surface area contributed by atoms with Gasteiger partial charge in [0.05, 0.1) is 25.1 Å². The Labute approximate surface area is 188 Å². The highest BCUT2D eigenvalue weighted by Crippen LogP contribution is 2.34. The summed E-state index contributed by atoms with van der Waals surface area (Å²) in [7, 11) is 0. The Balaban J connectivity index is 1.43. The smallest absolute Gasteiger partial charge is 0.146 e. The van der Waals surface area contributed by atoms with Gasteiger partial charge in [0.15, 0.2) is 0 Å². The van der Waals surface area contributed by atoms with Gasteiger partial charge in [-0.15, -0.1) is 11.3 Å². The second kappa shape index (κ2) is 9.10. The summed E-state index contributed by atoms with van der Waals surface area (Å²) in [5, 5.41) is 4.86. The Kier molecular flexibility index (Phi) is 6.07. The fourth-order valence-electron chi connectivity index (χ4n) is 4.59. The predicted octanol–water partition coefficient (Wildman–Crippen LogP) is 4.35. The van der Waals surface area contributed by atoms with Gasteiger partial charge in [0.1, 0.15) is 16.5 Å². The molecule has 2 aliphatic rings. The first-order valence-corrected chi connectivity index (χ1v) is 12.1. The molecule has 2 saturated heterocycles. The van der Waals surface area contributed by atoms with Gasteiger partial charge in [-0.1, -0.05) is 18.2 Å². The maximum atomic E-state index is 5.54. The summed E-state index contributed by atoms with van der Waals surface area (Å²) in [5.74, 6) is 1.90. The van der Waals surface area contributed by atoms with E-state index < -0.39 is 0 Å². The van der Waals surface area contributed by atoms with Crippen molar-refractivity contribution in [1.29, 1.82) is 0 Å². The minimum absolute atomic E-state index is 0.747. The van der Waals surface area contributed by atoms with Crippen molar-refractivity contribution in [2.45, 2.75) is 39.8 Å². The van der Waals surface area contributed by atoms with E-state index in [2.05, 4.69) is 53.2 Å². The van der Waals surface area contributed by atoms with Crippen LogP contribution >= 0.6 is 11.3 Å². The largest absolute Gasteiger partial charge is 0.378 e. The van der Waals surface area contributed by atoms with E-state index in [0.29, 0.717) is 0 Å². The molecular formula is C24H31N5OS. The number of anilines is 2. The number of likely N-dealkylation sites (tertiary alicyclic amines) is 1. The molecule has 0 unspecified atom stereocenters. The zero-order chi connectivity index (χ0) is 21.2. The lowest BCUT2D eigenvalue weighted by molar-refractivity contribution is 0.122. The number of benzene rings is 1. The van der Waals surface area contributed by atoms with Gasteiger partial charge in [-0.2, -0.15) is 0 Å². The zero-order valence-corrected chi connectivity index (χ0v) is 19.3. The molecule has 31 heavy (non-hydrogen) atoms. The Bertz CT molecular complexity index is 1050. The lowest BCUT2D eigenvalue weighted by Gasteiger charge is -2.30. The average molecular weight is 438 g/mol. The number of thiophene rings is 1. The molecule has 1 N–H and O–H groups in total. The second-order valence-electron chi connectivity index (χ2n) is 8.52. The van der Waals surface area contributed by atoms with Gasteiger partial charge in [-0.3, -0.25) is 4.90 Å². The molecule has 2 fully saturated rings. The summed E-state index contributed by atoms with van der Waals surface area (Å²) >= 11 is 1.78. The van der Waals surface area contributed by atoms with Crippen LogP contribution in [0.3, 0.4) is 0 Å². The minimum Gasteiger partial charge on any atom is -0.378 e. The molecule has 4 heterocycles. The maximum absolute atomic E-state index is 5.54. The fraction of sp³-hybridized carbons (Fsp3) is 0.500. The number of hydrogen-bond donors (Lipinski definition) is 1. The van der Waals surface area contributed by atoms with Gasteiger partial charge in [0.2, 0.25) is 0 Å². The van der Waals surface area contributed by atoms with E-state index in [9.17, 15) is 0 Å². The van der Waals surface area contributed by atoms with Crippen molar-refractivity contribution in [3.8, 4) is 0 Å². The third-order valence-corrected chi connectivity index (χ3v) is 7.53. The van der Waals surface area contributed by atoms with Crippen LogP contribution in [0.25, 0.3) is 10.2 Å². The van der Waals surface area contributed by atoms with Gasteiger partial charge in [-0.05, 0) is 57.0 Å². The van der Waals surface area contributed by atoms with Gasteiger partial charge in [-0.25, -0.2) is 9.97 Å². The van der Waals surface area contributed by atoms with Crippen LogP contribution in [-0.4, -0.2) is 54.3 Å². The third-order valence-electron chi connectivity index (χ3n) is 6.43. The van der Waals surface area contributed by atoms with E-state index in [4.69, 9.17) is 14.7 Å². The molecule has 7 heteroatoms. The summed E-state index contributed by atoms with van der Waals surface area (Å²) in [6, 6.07) is 8.68. The first kappa shape index (κ1) is 20.7. The van der Waals surface area contributed by atoms with Crippen LogP contribution in [0, 0.1) is 13.8 Å². The number of ether oxygens (including phenoxy) is 1. The lowest BCUT2D eigenvalue weighted by atomic mass is 10.1. The van der Waals surface area contributed by atoms with E-state index in [0.717, 1.165) is 69.0 Å². The van der Waals surface area contributed by atoms with Gasteiger partial charge >= 0.3 is 0 Å². The van der Waals surface area contributed by atoms with Crippen LogP contribution in [0.15, 0.2) is 24.3 Å². The number of nitrogens with one attached hydrogen (secondary N) is 1. The molecule has 6 nitrogen and oxygen atoms in total. The van der Waals surface area contributed by atoms with Crippen molar-refractivity contribution >= 4 is 33.1 Å². The quantitative estimate of drug-likeness (QED) is 0.619. The first-order valence-electron chi connectivity index (χ1n) is 11.3. The number of morpholine rings is 1. The van der Waals surface area contributed by atoms with Crippen LogP contribution in [0.2, 0.25) is 0 Å². The number of aromatic nitrogens is 2. The van der Waals surface area contributed by atoms with Crippen LogP contribution in [-0.2, 0) is 17.8 Å². The molecule has 2 aliphatic heterocycles. The van der Waals surface area contributed by atoms with Crippen LogP contribution in [0.1, 0.15) is 34.7 Å². The van der Waals surface area contributed by atoms with Crippen LogP contribution in [0.5, 0.6) is 0 Å². The Hall–Kier alpha value is -2.22. The van der Waals surface area contributed by atoms with E-state index in [-0.39, 0.29) is 0 Å².